The molecule has 0 fully saturated rings. The Hall–Kier alpha value is -1.59. The molecule has 0 bridgehead atoms. The lowest BCUT2D eigenvalue weighted by Crippen LogP contribution is -2.49. The highest BCUT2D eigenvalue weighted by Crippen LogP contribution is 2.23. The molecule has 0 aliphatic heterocycles. The van der Waals surface area contributed by atoms with Gasteiger partial charge in [-0.25, -0.2) is 0 Å². The number of hydrogen-bond donors (Lipinski definition) is 2. The second kappa shape index (κ2) is 8.76. The third kappa shape index (κ3) is 4.71. The van der Waals surface area contributed by atoms with Crippen molar-refractivity contribution >= 4 is 5.91 Å². The van der Waals surface area contributed by atoms with E-state index in [0.717, 1.165) is 17.7 Å². The maximum Gasteiger partial charge on any atom is 0.237 e. The Bertz CT molecular complexity index is 461. The van der Waals surface area contributed by atoms with Gasteiger partial charge >= 0.3 is 0 Å². The van der Waals surface area contributed by atoms with Crippen LogP contribution in [0, 0.1) is 5.92 Å². The Labute approximate surface area is 133 Å². The normalized spacial score (nSPS) is 16.5. The molecule has 1 rings (SSSR count). The van der Waals surface area contributed by atoms with E-state index in [1.54, 1.807) is 14.2 Å². The molecular weight excluding hydrogens is 280 g/mol. The van der Waals surface area contributed by atoms with E-state index < -0.39 is 6.04 Å². The van der Waals surface area contributed by atoms with Gasteiger partial charge in [-0.3, -0.25) is 4.79 Å². The van der Waals surface area contributed by atoms with E-state index in [-0.39, 0.29) is 24.0 Å². The van der Waals surface area contributed by atoms with E-state index >= 15 is 0 Å². The van der Waals surface area contributed by atoms with Gasteiger partial charge in [0.1, 0.15) is 11.9 Å². The average molecular weight is 308 g/mol. The van der Waals surface area contributed by atoms with Crippen molar-refractivity contribution in [3.63, 3.8) is 0 Å². The van der Waals surface area contributed by atoms with Crippen LogP contribution in [0.3, 0.4) is 0 Å². The molecule has 4 unspecified atom stereocenters. The number of carbonyl (C=O) groups is 1. The summed E-state index contributed by atoms with van der Waals surface area (Å²) in [6.07, 6.45) is 0.633. The molecule has 124 valence electrons. The first kappa shape index (κ1) is 18.5. The molecule has 4 atom stereocenters. The lowest BCUT2D eigenvalue weighted by atomic mass is 9.98. The summed E-state index contributed by atoms with van der Waals surface area (Å²) in [6, 6.07) is 6.94. The maximum atomic E-state index is 12.2. The maximum absolute atomic E-state index is 12.2. The summed E-state index contributed by atoms with van der Waals surface area (Å²) in [4.78, 5) is 12.2. The minimum Gasteiger partial charge on any atom is -0.497 e. The molecule has 0 saturated heterocycles. The number of nitrogens with one attached hydrogen (secondary N) is 1. The summed E-state index contributed by atoms with van der Waals surface area (Å²) in [5.41, 5.74) is 6.95. The van der Waals surface area contributed by atoms with Crippen LogP contribution in [0.15, 0.2) is 24.3 Å². The zero-order chi connectivity index (χ0) is 16.7. The monoisotopic (exact) mass is 308 g/mol. The van der Waals surface area contributed by atoms with E-state index in [1.165, 1.54) is 0 Å². The molecular formula is C17H28N2O3. The minimum absolute atomic E-state index is 0.141. The van der Waals surface area contributed by atoms with Crippen molar-refractivity contribution in [2.45, 2.75) is 45.4 Å². The summed E-state index contributed by atoms with van der Waals surface area (Å²) in [5.74, 6) is 0.792. The quantitative estimate of drug-likeness (QED) is 0.772. The Morgan fingerprint density at radius 1 is 1.23 bits per heavy atom. The molecule has 5 heteroatoms. The molecule has 1 aromatic carbocycles. The van der Waals surface area contributed by atoms with Crippen molar-refractivity contribution in [1.29, 1.82) is 0 Å². The molecule has 0 saturated carbocycles. The summed E-state index contributed by atoms with van der Waals surface area (Å²) >= 11 is 0. The van der Waals surface area contributed by atoms with Crippen LogP contribution in [0.2, 0.25) is 0 Å². The zero-order valence-electron chi connectivity index (χ0n) is 14.1. The number of carbonyl (C=O) groups excluding carboxylic acids is 1. The number of benzene rings is 1. The Balaban J connectivity index is 2.75. The summed E-state index contributed by atoms with van der Waals surface area (Å²) < 4.78 is 10.7. The molecule has 0 radical (unpaired) electrons. The van der Waals surface area contributed by atoms with E-state index in [1.807, 2.05) is 45.0 Å². The third-order valence-electron chi connectivity index (χ3n) is 4.08. The van der Waals surface area contributed by atoms with Gasteiger partial charge < -0.3 is 20.5 Å². The van der Waals surface area contributed by atoms with Crippen molar-refractivity contribution in [1.82, 2.24) is 5.32 Å². The van der Waals surface area contributed by atoms with Gasteiger partial charge in [-0.15, -0.1) is 0 Å². The molecule has 0 aliphatic rings. The van der Waals surface area contributed by atoms with Crippen LogP contribution >= 0.6 is 0 Å². The number of ether oxygens (including phenoxy) is 2. The van der Waals surface area contributed by atoms with E-state index in [2.05, 4.69) is 5.32 Å². The number of nitrogens with two attached hydrogens (primary N) is 1. The van der Waals surface area contributed by atoms with Gasteiger partial charge in [0.05, 0.1) is 19.2 Å². The van der Waals surface area contributed by atoms with E-state index in [0.29, 0.717) is 0 Å². The highest BCUT2D eigenvalue weighted by molar-refractivity contribution is 5.82. The molecule has 3 N–H and O–H groups in total. The number of rotatable bonds is 8. The van der Waals surface area contributed by atoms with Crippen molar-refractivity contribution in [3.05, 3.63) is 29.8 Å². The third-order valence-corrected chi connectivity index (χ3v) is 4.08. The first-order chi connectivity index (χ1) is 10.4. The summed E-state index contributed by atoms with van der Waals surface area (Å²) in [7, 11) is 3.26. The highest BCUT2D eigenvalue weighted by atomic mass is 16.5. The molecule has 0 aromatic heterocycles. The van der Waals surface area contributed by atoms with Gasteiger partial charge in [0.25, 0.3) is 0 Å². The number of methoxy groups -OCH3 is 2. The van der Waals surface area contributed by atoms with Crippen LogP contribution < -0.4 is 15.8 Å². The number of hydrogen-bond acceptors (Lipinski definition) is 4. The predicted molar refractivity (Wildman–Crippen MR) is 87.8 cm³/mol. The first-order valence-electron chi connectivity index (χ1n) is 7.67. The molecule has 1 aromatic rings. The SMILES string of the molecule is CCC(C)C(N)C(=O)NC(C)C(OC)c1ccc(OC)cc1. The van der Waals surface area contributed by atoms with Gasteiger partial charge in [-0.1, -0.05) is 32.4 Å². The first-order valence-corrected chi connectivity index (χ1v) is 7.67. The molecule has 0 heterocycles. The Morgan fingerprint density at radius 3 is 2.27 bits per heavy atom. The zero-order valence-corrected chi connectivity index (χ0v) is 14.1. The van der Waals surface area contributed by atoms with E-state index in [9.17, 15) is 4.79 Å². The summed E-state index contributed by atoms with van der Waals surface area (Å²) in [5, 5.41) is 2.95. The second-order valence-corrected chi connectivity index (χ2v) is 5.64. The van der Waals surface area contributed by atoms with Crippen molar-refractivity contribution in [2.75, 3.05) is 14.2 Å². The van der Waals surface area contributed by atoms with Crippen LogP contribution in [0.5, 0.6) is 5.75 Å². The standard InChI is InChI=1S/C17H28N2O3/c1-6-11(2)15(18)17(20)19-12(3)16(22-5)13-7-9-14(21-4)10-8-13/h7-12,15-16H,6,18H2,1-5H3,(H,19,20). The van der Waals surface area contributed by atoms with E-state index in [4.69, 9.17) is 15.2 Å². The van der Waals surface area contributed by atoms with Crippen LogP contribution in [0.1, 0.15) is 38.9 Å². The van der Waals surface area contributed by atoms with Crippen molar-refractivity contribution in [2.24, 2.45) is 11.7 Å². The Kier molecular flexibility index (Phi) is 7.35. The predicted octanol–water partition coefficient (Wildman–Crippen LogP) is 2.26. The van der Waals surface area contributed by atoms with Crippen LogP contribution in [0.4, 0.5) is 0 Å². The average Bonchev–Trinajstić information content (AvgIpc) is 2.54. The number of amides is 1. The van der Waals surface area contributed by atoms with Crippen molar-refractivity contribution < 1.29 is 14.3 Å². The largest absolute Gasteiger partial charge is 0.497 e. The topological polar surface area (TPSA) is 73.6 Å². The highest BCUT2D eigenvalue weighted by Gasteiger charge is 2.25. The van der Waals surface area contributed by atoms with Gasteiger partial charge in [-0.05, 0) is 30.5 Å². The molecule has 22 heavy (non-hydrogen) atoms. The minimum atomic E-state index is -0.499. The van der Waals surface area contributed by atoms with Crippen LogP contribution in [0.25, 0.3) is 0 Å². The smallest absolute Gasteiger partial charge is 0.237 e. The fourth-order valence-electron chi connectivity index (χ4n) is 2.33. The lowest BCUT2D eigenvalue weighted by Gasteiger charge is -2.27. The van der Waals surface area contributed by atoms with Gasteiger partial charge in [-0.2, -0.15) is 0 Å². The fourth-order valence-corrected chi connectivity index (χ4v) is 2.33. The summed E-state index contributed by atoms with van der Waals surface area (Å²) in [6.45, 7) is 5.92. The molecule has 5 nitrogen and oxygen atoms in total. The van der Waals surface area contributed by atoms with Gasteiger partial charge in [0.15, 0.2) is 0 Å². The lowest BCUT2D eigenvalue weighted by molar-refractivity contribution is -0.125. The molecule has 0 aliphatic carbocycles. The van der Waals surface area contributed by atoms with Gasteiger partial charge in [0.2, 0.25) is 5.91 Å². The van der Waals surface area contributed by atoms with Crippen LogP contribution in [-0.2, 0) is 9.53 Å². The Morgan fingerprint density at radius 2 is 1.82 bits per heavy atom. The van der Waals surface area contributed by atoms with Gasteiger partial charge in [0, 0.05) is 7.11 Å². The fraction of sp³-hybridized carbons (Fsp3) is 0.588. The molecule has 0 spiro atoms. The van der Waals surface area contributed by atoms with Crippen LogP contribution in [-0.4, -0.2) is 32.2 Å². The second-order valence-electron chi connectivity index (χ2n) is 5.64. The van der Waals surface area contributed by atoms with Crippen molar-refractivity contribution in [3.8, 4) is 5.75 Å². The molecule has 1 amide bonds.